The second-order valence-electron chi connectivity index (χ2n) is 13.8. The van der Waals surface area contributed by atoms with E-state index in [9.17, 15) is 0 Å². The van der Waals surface area contributed by atoms with Gasteiger partial charge in [-0.1, -0.05) is 243 Å². The molecule has 0 amide bonds. The zero-order chi connectivity index (χ0) is 38.1. The first-order valence-corrected chi connectivity index (χ1v) is 25.8. The van der Waals surface area contributed by atoms with Crippen LogP contribution in [0.2, 0.25) is 0 Å². The Hall–Kier alpha value is -5.18. The molecule has 0 bridgehead atoms. The van der Waals surface area contributed by atoms with E-state index in [1.165, 1.54) is 0 Å². The van der Waals surface area contributed by atoms with Gasteiger partial charge in [-0.05, 0) is 35.0 Å². The molecule has 0 aromatic heterocycles. The van der Waals surface area contributed by atoms with Crippen molar-refractivity contribution >= 4 is 80.0 Å². The van der Waals surface area contributed by atoms with Crippen molar-refractivity contribution in [1.29, 1.82) is 0 Å². The summed E-state index contributed by atoms with van der Waals surface area (Å²) in [6.45, 7) is -6.39. The lowest BCUT2D eigenvalue weighted by molar-refractivity contribution is 0.593. The maximum atomic E-state index is 17.8. The molecule has 0 aliphatic carbocycles. The molecule has 0 unspecified atom stereocenters. The highest BCUT2D eigenvalue weighted by Gasteiger charge is 2.63. The van der Waals surface area contributed by atoms with Crippen molar-refractivity contribution in [3.8, 4) is 0 Å². The fourth-order valence-electron chi connectivity index (χ4n) is 8.57. The van der Waals surface area contributed by atoms with Crippen LogP contribution in [-0.4, -0.2) is 9.55 Å². The van der Waals surface area contributed by atoms with Crippen LogP contribution in [0.5, 0.6) is 0 Å². The van der Waals surface area contributed by atoms with Gasteiger partial charge >= 0.3 is 0 Å². The highest BCUT2D eigenvalue weighted by Crippen LogP contribution is 2.88. The van der Waals surface area contributed by atoms with Gasteiger partial charge in [0.05, 0.1) is 0 Å². The highest BCUT2D eigenvalue weighted by molar-refractivity contribution is 8.53. The lowest BCUT2D eigenvalue weighted by atomic mass is 10.4. The van der Waals surface area contributed by atoms with Gasteiger partial charge in [-0.15, -0.1) is 0 Å². The van der Waals surface area contributed by atoms with Gasteiger partial charge in [0.1, 0.15) is 0 Å². The molecule has 0 saturated carbocycles. The Bertz CT molecular complexity index is 2440. The second kappa shape index (κ2) is 15.1. The molecule has 0 saturated heterocycles. The quantitative estimate of drug-likeness (QED) is 0.129. The van der Waals surface area contributed by atoms with E-state index in [0.717, 1.165) is 52.0 Å². The van der Waals surface area contributed by atoms with Crippen LogP contribution in [0.15, 0.2) is 243 Å². The van der Waals surface area contributed by atoms with Crippen LogP contribution in [0, 0.1) is 0 Å². The molecule has 0 radical (unpaired) electrons. The van der Waals surface area contributed by atoms with Crippen LogP contribution in [0.1, 0.15) is 0 Å². The minimum absolute atomic E-state index is 0.780. The molecular formula is C50H40O2P4. The number of hydrogen-bond acceptors (Lipinski definition) is 2. The van der Waals surface area contributed by atoms with Crippen molar-refractivity contribution in [2.24, 2.45) is 0 Å². The van der Waals surface area contributed by atoms with Crippen molar-refractivity contribution in [2.45, 2.75) is 0 Å². The van der Waals surface area contributed by atoms with E-state index in [1.54, 1.807) is 0 Å². The standard InChI is InChI=1S/C50H40O2P4/c51-55(45-33-17-5-18-34-45,46-35-19-6-20-36-46)49-53(41-25-9-1-10-26-41,42-27-11-2-12-28-42)50(54(49,43-29-13-3-14-30-43)44-31-15-4-16-32-44)56(52,47-37-21-7-22-38-47)48-39-23-8-24-40-48/h1-40H. The van der Waals surface area contributed by atoms with Crippen LogP contribution >= 0.6 is 28.1 Å². The number of hydrogen-bond donors (Lipinski definition) is 0. The smallest absolute Gasteiger partial charge is 0.173 e. The van der Waals surface area contributed by atoms with Gasteiger partial charge in [0.2, 0.25) is 0 Å². The van der Waals surface area contributed by atoms with Gasteiger partial charge in [-0.3, -0.25) is 0 Å². The van der Waals surface area contributed by atoms with Crippen LogP contribution < -0.4 is 42.4 Å². The molecule has 1 aliphatic rings. The first kappa shape index (κ1) is 36.5. The molecule has 0 N–H and O–H groups in total. The Morgan fingerprint density at radius 1 is 0.232 bits per heavy atom. The van der Waals surface area contributed by atoms with Crippen LogP contribution in [-0.2, 0) is 9.13 Å². The predicted molar refractivity (Wildman–Crippen MR) is 248 cm³/mol. The topological polar surface area (TPSA) is 34.1 Å². The van der Waals surface area contributed by atoms with Crippen LogP contribution in [0.3, 0.4) is 0 Å². The van der Waals surface area contributed by atoms with Gasteiger partial charge < -0.3 is 9.13 Å². The summed E-state index contributed by atoms with van der Waals surface area (Å²) in [6, 6.07) is 82.8. The van der Waals surface area contributed by atoms with E-state index in [-0.39, 0.29) is 0 Å². The fraction of sp³-hybridized carbons (Fsp3) is 0. The summed E-state index contributed by atoms with van der Waals surface area (Å²) < 4.78 is 37.6. The summed E-state index contributed by atoms with van der Waals surface area (Å²) in [5.74, 6) is 0. The number of benzene rings is 8. The van der Waals surface area contributed by atoms with Crippen molar-refractivity contribution in [3.05, 3.63) is 243 Å². The molecule has 8 aromatic rings. The van der Waals surface area contributed by atoms with E-state index >= 15 is 9.13 Å². The fourth-order valence-corrected chi connectivity index (χ4v) is 39.5. The van der Waals surface area contributed by atoms with Gasteiger partial charge in [0.25, 0.3) is 0 Å². The summed E-state index contributed by atoms with van der Waals surface area (Å²) in [5.41, 5.74) is 0. The lowest BCUT2D eigenvalue weighted by Crippen LogP contribution is -2.47. The first-order valence-electron chi connectivity index (χ1n) is 18.8. The maximum absolute atomic E-state index is 17.8. The van der Waals surface area contributed by atoms with Gasteiger partial charge in [0, 0.05) is 30.8 Å². The molecule has 272 valence electrons. The summed E-state index contributed by atoms with van der Waals surface area (Å²) in [6.07, 6.45) is 0. The van der Waals surface area contributed by atoms with E-state index in [0.29, 0.717) is 0 Å². The van der Waals surface area contributed by atoms with E-state index < -0.39 is 28.1 Å². The Morgan fingerprint density at radius 2 is 0.393 bits per heavy atom. The third-order valence-corrected chi connectivity index (χ3v) is 33.3. The van der Waals surface area contributed by atoms with Gasteiger partial charge in [-0.2, -0.15) is 0 Å². The SMILES string of the molecule is O=P(C1=P(c2ccccc2)(c2ccccc2)C(P(=O)(c2ccccc2)c2ccccc2)=P1(c1ccccc1)c1ccccc1)(c1ccccc1)c1ccccc1. The molecule has 0 fully saturated rings. The second-order valence-corrected chi connectivity index (χ2v) is 27.9. The summed E-state index contributed by atoms with van der Waals surface area (Å²) in [4.78, 5) is 0. The molecule has 56 heavy (non-hydrogen) atoms. The molecule has 9 rings (SSSR count). The van der Waals surface area contributed by atoms with E-state index in [2.05, 4.69) is 97.1 Å². The predicted octanol–water partition coefficient (Wildman–Crippen LogP) is 9.54. The minimum Gasteiger partial charge on any atom is -0.309 e. The van der Waals surface area contributed by atoms with E-state index in [1.807, 2.05) is 146 Å². The van der Waals surface area contributed by atoms with Gasteiger partial charge in [0.15, 0.2) is 14.3 Å². The van der Waals surface area contributed by atoms with Crippen molar-refractivity contribution < 1.29 is 9.13 Å². The Balaban J connectivity index is 1.67. The third kappa shape index (κ3) is 5.47. The van der Waals surface area contributed by atoms with Crippen molar-refractivity contribution in [2.75, 3.05) is 0 Å². The summed E-state index contributed by atoms with van der Waals surface area (Å²) >= 11 is 0. The molecule has 0 spiro atoms. The van der Waals surface area contributed by atoms with Crippen LogP contribution in [0.25, 0.3) is 0 Å². The van der Waals surface area contributed by atoms with Crippen molar-refractivity contribution in [3.63, 3.8) is 0 Å². The normalized spacial score (nSPS) is 14.8. The van der Waals surface area contributed by atoms with Crippen LogP contribution in [0.4, 0.5) is 0 Å². The zero-order valence-corrected chi connectivity index (χ0v) is 34.3. The Labute approximate surface area is 330 Å². The minimum atomic E-state index is -3.75. The molecule has 1 heterocycles. The molecule has 1 aliphatic heterocycles. The Kier molecular flexibility index (Phi) is 9.80. The third-order valence-electron chi connectivity index (χ3n) is 10.8. The van der Waals surface area contributed by atoms with E-state index in [4.69, 9.17) is 0 Å². The monoisotopic (exact) mass is 796 g/mol. The summed E-state index contributed by atoms with van der Waals surface area (Å²) in [7, 11) is -7.50. The highest BCUT2D eigenvalue weighted by atomic mass is 31.3. The Morgan fingerprint density at radius 3 is 0.571 bits per heavy atom. The largest absolute Gasteiger partial charge is 0.309 e. The summed E-state index contributed by atoms with van der Waals surface area (Å²) in [5, 5.41) is 7.33. The molecule has 0 atom stereocenters. The lowest BCUT2D eigenvalue weighted by Gasteiger charge is -2.56. The van der Waals surface area contributed by atoms with Crippen molar-refractivity contribution in [1.82, 2.24) is 0 Å². The molecular weight excluding hydrogens is 756 g/mol. The van der Waals surface area contributed by atoms with Gasteiger partial charge in [-0.25, -0.2) is 0 Å². The average molecular weight is 797 g/mol. The molecule has 6 heteroatoms. The average Bonchev–Trinajstić information content (AvgIpc) is 3.29. The molecule has 8 aromatic carbocycles. The zero-order valence-electron chi connectivity index (χ0n) is 30.7. The molecule has 2 nitrogen and oxygen atoms in total. The number of rotatable bonds is 10. The first-order chi connectivity index (χ1) is 27.6. The maximum Gasteiger partial charge on any atom is 0.173 e.